The first-order valence-electron chi connectivity index (χ1n) is 9.83. The second kappa shape index (κ2) is 10.2. The van der Waals surface area contributed by atoms with Gasteiger partial charge in [0, 0.05) is 30.0 Å². The van der Waals surface area contributed by atoms with E-state index < -0.39 is 0 Å². The van der Waals surface area contributed by atoms with Gasteiger partial charge in [-0.3, -0.25) is 9.59 Å². The Bertz CT molecular complexity index is 847. The standard InChI is InChI=1S/C22H26ClN3O3/c1-29-20-11-10-18(14-19(20)23)25-21(27)15-24-17-8-6-16(7-9-17)22(28)26-12-4-2-3-5-13-26/h6-11,14,24H,2-5,12-13,15H2,1H3,(H,25,27). The Morgan fingerprint density at radius 2 is 1.66 bits per heavy atom. The van der Waals surface area contributed by atoms with E-state index in [2.05, 4.69) is 10.6 Å². The van der Waals surface area contributed by atoms with Crippen molar-refractivity contribution in [3.8, 4) is 5.75 Å². The average Bonchev–Trinajstić information content (AvgIpc) is 3.02. The summed E-state index contributed by atoms with van der Waals surface area (Å²) in [5, 5.41) is 6.28. The van der Waals surface area contributed by atoms with E-state index in [-0.39, 0.29) is 18.4 Å². The monoisotopic (exact) mass is 415 g/mol. The minimum absolute atomic E-state index is 0.0765. The van der Waals surface area contributed by atoms with Crippen LogP contribution in [0.3, 0.4) is 0 Å². The van der Waals surface area contributed by atoms with E-state index in [0.29, 0.717) is 22.0 Å². The molecule has 0 atom stereocenters. The lowest BCUT2D eigenvalue weighted by Gasteiger charge is -2.20. The molecule has 2 aromatic rings. The zero-order chi connectivity index (χ0) is 20.6. The molecule has 0 bridgehead atoms. The fourth-order valence-electron chi connectivity index (χ4n) is 3.32. The van der Waals surface area contributed by atoms with Gasteiger partial charge in [0.1, 0.15) is 5.75 Å². The number of halogens is 1. The number of benzene rings is 2. The van der Waals surface area contributed by atoms with Gasteiger partial charge in [0.25, 0.3) is 5.91 Å². The van der Waals surface area contributed by atoms with Crippen LogP contribution in [-0.4, -0.2) is 43.5 Å². The number of nitrogens with zero attached hydrogens (tertiary/aromatic N) is 1. The molecule has 3 rings (SSSR count). The van der Waals surface area contributed by atoms with Gasteiger partial charge >= 0.3 is 0 Å². The second-order valence-corrected chi connectivity index (χ2v) is 7.44. The second-order valence-electron chi connectivity index (χ2n) is 7.03. The van der Waals surface area contributed by atoms with Crippen molar-refractivity contribution in [3.05, 3.63) is 53.1 Å². The molecule has 6 nitrogen and oxygen atoms in total. The van der Waals surface area contributed by atoms with Gasteiger partial charge < -0.3 is 20.3 Å². The normalized spacial score (nSPS) is 14.1. The van der Waals surface area contributed by atoms with Crippen LogP contribution < -0.4 is 15.4 Å². The van der Waals surface area contributed by atoms with Crippen LogP contribution in [0.5, 0.6) is 5.75 Å². The maximum Gasteiger partial charge on any atom is 0.253 e. The quantitative estimate of drug-likeness (QED) is 0.732. The van der Waals surface area contributed by atoms with Crippen molar-refractivity contribution in [2.24, 2.45) is 0 Å². The number of hydrogen-bond donors (Lipinski definition) is 2. The highest BCUT2D eigenvalue weighted by Crippen LogP contribution is 2.27. The number of carbonyl (C=O) groups is 2. The number of carbonyl (C=O) groups excluding carboxylic acids is 2. The summed E-state index contributed by atoms with van der Waals surface area (Å²) in [5.74, 6) is 0.432. The summed E-state index contributed by atoms with van der Waals surface area (Å²) in [6.07, 6.45) is 4.52. The van der Waals surface area contributed by atoms with E-state index in [9.17, 15) is 9.59 Å². The molecule has 0 radical (unpaired) electrons. The Kier molecular flexibility index (Phi) is 7.36. The van der Waals surface area contributed by atoms with Gasteiger partial charge in [-0.15, -0.1) is 0 Å². The lowest BCUT2D eigenvalue weighted by Crippen LogP contribution is -2.31. The van der Waals surface area contributed by atoms with Crippen molar-refractivity contribution in [1.29, 1.82) is 0 Å². The molecule has 2 N–H and O–H groups in total. The molecule has 1 saturated heterocycles. The van der Waals surface area contributed by atoms with Crippen molar-refractivity contribution in [2.45, 2.75) is 25.7 Å². The summed E-state index contributed by atoms with van der Waals surface area (Å²) in [5.41, 5.74) is 2.05. The van der Waals surface area contributed by atoms with Crippen molar-refractivity contribution in [1.82, 2.24) is 4.90 Å². The molecule has 0 aliphatic carbocycles. The molecule has 29 heavy (non-hydrogen) atoms. The number of rotatable bonds is 6. The predicted octanol–water partition coefficient (Wildman–Crippen LogP) is 4.42. The Balaban J connectivity index is 1.51. The first-order valence-corrected chi connectivity index (χ1v) is 10.2. The summed E-state index contributed by atoms with van der Waals surface area (Å²) >= 11 is 6.07. The van der Waals surface area contributed by atoms with Crippen molar-refractivity contribution in [3.63, 3.8) is 0 Å². The number of methoxy groups -OCH3 is 1. The summed E-state index contributed by atoms with van der Waals surface area (Å²) in [6, 6.07) is 12.3. The SMILES string of the molecule is COc1ccc(NC(=O)CNc2ccc(C(=O)N3CCCCCC3)cc2)cc1Cl. The molecule has 2 aromatic carbocycles. The number of hydrogen-bond acceptors (Lipinski definition) is 4. The van der Waals surface area contributed by atoms with Gasteiger partial charge in [-0.25, -0.2) is 0 Å². The van der Waals surface area contributed by atoms with Gasteiger partial charge in [-0.05, 0) is 55.3 Å². The van der Waals surface area contributed by atoms with Gasteiger partial charge in [0.15, 0.2) is 0 Å². The van der Waals surface area contributed by atoms with Crippen LogP contribution in [0.4, 0.5) is 11.4 Å². The minimum atomic E-state index is -0.198. The van der Waals surface area contributed by atoms with Crippen LogP contribution in [0.25, 0.3) is 0 Å². The summed E-state index contributed by atoms with van der Waals surface area (Å²) in [4.78, 5) is 26.7. The first-order chi connectivity index (χ1) is 14.1. The third kappa shape index (κ3) is 5.87. The van der Waals surface area contributed by atoms with Gasteiger partial charge in [-0.1, -0.05) is 24.4 Å². The van der Waals surface area contributed by atoms with E-state index in [0.717, 1.165) is 31.6 Å². The lowest BCUT2D eigenvalue weighted by atomic mass is 10.1. The Labute approximate surface area is 176 Å². The van der Waals surface area contributed by atoms with E-state index in [1.165, 1.54) is 20.0 Å². The molecular formula is C22H26ClN3O3. The maximum atomic E-state index is 12.6. The predicted molar refractivity (Wildman–Crippen MR) is 116 cm³/mol. The molecule has 0 unspecified atom stereocenters. The van der Waals surface area contributed by atoms with Crippen LogP contribution in [0.15, 0.2) is 42.5 Å². The fraction of sp³-hybridized carbons (Fsp3) is 0.364. The van der Waals surface area contributed by atoms with E-state index in [1.54, 1.807) is 30.3 Å². The molecule has 2 amide bonds. The van der Waals surface area contributed by atoms with E-state index >= 15 is 0 Å². The van der Waals surface area contributed by atoms with Crippen molar-refractivity contribution < 1.29 is 14.3 Å². The summed E-state index contributed by atoms with van der Waals surface area (Å²) < 4.78 is 5.10. The van der Waals surface area contributed by atoms with Crippen LogP contribution in [0, 0.1) is 0 Å². The third-order valence-electron chi connectivity index (χ3n) is 4.91. The number of ether oxygens (including phenoxy) is 1. The molecule has 1 fully saturated rings. The Morgan fingerprint density at radius 3 is 2.28 bits per heavy atom. The highest BCUT2D eigenvalue weighted by atomic mass is 35.5. The van der Waals surface area contributed by atoms with E-state index in [4.69, 9.17) is 16.3 Å². The summed E-state index contributed by atoms with van der Waals surface area (Å²) in [6.45, 7) is 1.76. The van der Waals surface area contributed by atoms with Gasteiger partial charge in [0.2, 0.25) is 5.91 Å². The highest BCUT2D eigenvalue weighted by Gasteiger charge is 2.17. The lowest BCUT2D eigenvalue weighted by molar-refractivity contribution is -0.114. The topological polar surface area (TPSA) is 70.7 Å². The first kappa shape index (κ1) is 21.0. The maximum absolute atomic E-state index is 12.6. The average molecular weight is 416 g/mol. The van der Waals surface area contributed by atoms with Gasteiger partial charge in [0.05, 0.1) is 18.7 Å². The van der Waals surface area contributed by atoms with Crippen molar-refractivity contribution >= 4 is 34.8 Å². The molecule has 1 aliphatic rings. The molecule has 1 heterocycles. The smallest absolute Gasteiger partial charge is 0.253 e. The summed E-state index contributed by atoms with van der Waals surface area (Å²) in [7, 11) is 1.54. The van der Waals surface area contributed by atoms with Crippen LogP contribution in [-0.2, 0) is 4.79 Å². The largest absolute Gasteiger partial charge is 0.495 e. The van der Waals surface area contributed by atoms with Crippen LogP contribution in [0.1, 0.15) is 36.0 Å². The van der Waals surface area contributed by atoms with Crippen molar-refractivity contribution in [2.75, 3.05) is 37.4 Å². The number of likely N-dealkylation sites (tertiary alicyclic amines) is 1. The molecule has 0 spiro atoms. The molecule has 0 saturated carbocycles. The number of nitrogens with one attached hydrogen (secondary N) is 2. The zero-order valence-corrected chi connectivity index (χ0v) is 17.3. The Hall–Kier alpha value is -2.73. The highest BCUT2D eigenvalue weighted by molar-refractivity contribution is 6.32. The molecule has 0 aromatic heterocycles. The van der Waals surface area contributed by atoms with Crippen LogP contribution in [0.2, 0.25) is 5.02 Å². The number of anilines is 2. The van der Waals surface area contributed by atoms with Crippen LogP contribution >= 0.6 is 11.6 Å². The molecular weight excluding hydrogens is 390 g/mol. The third-order valence-corrected chi connectivity index (χ3v) is 5.21. The van der Waals surface area contributed by atoms with Gasteiger partial charge in [-0.2, -0.15) is 0 Å². The number of amides is 2. The molecule has 154 valence electrons. The molecule has 7 heteroatoms. The molecule has 1 aliphatic heterocycles. The Morgan fingerprint density at radius 1 is 1.00 bits per heavy atom. The zero-order valence-electron chi connectivity index (χ0n) is 16.5. The minimum Gasteiger partial charge on any atom is -0.495 e. The van der Waals surface area contributed by atoms with E-state index in [1.807, 2.05) is 17.0 Å². The fourth-order valence-corrected chi connectivity index (χ4v) is 3.58.